The maximum atomic E-state index is 10.1. The first-order valence-corrected chi connectivity index (χ1v) is 13.9. The van der Waals surface area contributed by atoms with Gasteiger partial charge in [0.2, 0.25) is 0 Å². The molecule has 3 aliphatic heterocycles. The lowest BCUT2D eigenvalue weighted by Crippen LogP contribution is -2.57. The summed E-state index contributed by atoms with van der Waals surface area (Å²) in [4.78, 5) is 19.3. The fourth-order valence-corrected chi connectivity index (χ4v) is 7.09. The molecule has 0 aromatic carbocycles. The van der Waals surface area contributed by atoms with Gasteiger partial charge in [-0.15, -0.1) is 0 Å². The van der Waals surface area contributed by atoms with Gasteiger partial charge in [0.15, 0.2) is 5.82 Å². The Bertz CT molecular complexity index is 1090. The van der Waals surface area contributed by atoms with E-state index in [-0.39, 0.29) is 17.4 Å². The molecule has 5 heterocycles. The number of ether oxygens (including phenoxy) is 2. The number of pyridine rings is 1. The van der Waals surface area contributed by atoms with Crippen molar-refractivity contribution in [3.8, 4) is 0 Å². The van der Waals surface area contributed by atoms with Crippen molar-refractivity contribution < 1.29 is 14.6 Å². The molecule has 5 rings (SSSR count). The van der Waals surface area contributed by atoms with E-state index in [0.29, 0.717) is 34.4 Å². The van der Waals surface area contributed by atoms with E-state index >= 15 is 0 Å². The highest BCUT2D eigenvalue weighted by atomic mass is 35.5. The van der Waals surface area contributed by atoms with Gasteiger partial charge in [-0.2, -0.15) is 0 Å². The van der Waals surface area contributed by atoms with Crippen LogP contribution < -0.4 is 9.80 Å². The second-order valence-electron chi connectivity index (χ2n) is 10.9. The Morgan fingerprint density at radius 2 is 1.94 bits per heavy atom. The molecule has 0 saturated carbocycles. The van der Waals surface area contributed by atoms with E-state index in [1.54, 1.807) is 19.5 Å². The molecule has 3 saturated heterocycles. The molecule has 2 aromatic heterocycles. The van der Waals surface area contributed by atoms with E-state index in [4.69, 9.17) is 31.0 Å². The fraction of sp³-hybridized carbons (Fsp3) is 0.654. The van der Waals surface area contributed by atoms with Gasteiger partial charge in [0, 0.05) is 55.2 Å². The lowest BCUT2D eigenvalue weighted by Gasteiger charge is -2.48. The van der Waals surface area contributed by atoms with Gasteiger partial charge in [0.25, 0.3) is 0 Å². The number of aliphatic hydroxyl groups is 1. The minimum atomic E-state index is -0.157. The van der Waals surface area contributed by atoms with E-state index in [0.717, 1.165) is 62.2 Å². The molecule has 0 bridgehead atoms. The third-order valence-electron chi connectivity index (χ3n) is 8.30. The van der Waals surface area contributed by atoms with Crippen molar-refractivity contribution in [1.29, 1.82) is 0 Å². The first-order valence-electron chi connectivity index (χ1n) is 12.7. The van der Waals surface area contributed by atoms with Gasteiger partial charge in [0.05, 0.1) is 37.1 Å². The molecule has 1 N–H and O–H groups in total. The standard InChI is InChI=1S/C26H36ClN5O3S/c1-17-18(2)35-16-26(17)6-9-31(10-7-26)23-19(12-33)30-21(11-29-23)36-20-5-8-28-24(22(20)27)32-13-25(3,14-32)15-34-4/h5,8,11,17-18,33H,6-7,9-10,12-16H2,1-4H3/t17-,18+/m1/s1. The molecule has 10 heteroatoms. The molecule has 0 radical (unpaired) electrons. The first kappa shape index (κ1) is 26.0. The summed E-state index contributed by atoms with van der Waals surface area (Å²) in [5.74, 6) is 2.11. The largest absolute Gasteiger partial charge is 0.390 e. The van der Waals surface area contributed by atoms with Gasteiger partial charge < -0.3 is 24.4 Å². The van der Waals surface area contributed by atoms with Crippen molar-refractivity contribution in [1.82, 2.24) is 15.0 Å². The van der Waals surface area contributed by atoms with Crippen LogP contribution in [-0.4, -0.2) is 72.7 Å². The van der Waals surface area contributed by atoms with Crippen LogP contribution in [0.4, 0.5) is 11.6 Å². The fourth-order valence-electron chi connectivity index (χ4n) is 5.95. The average Bonchev–Trinajstić information content (AvgIpc) is 3.13. The summed E-state index contributed by atoms with van der Waals surface area (Å²) in [5, 5.41) is 11.4. The van der Waals surface area contributed by atoms with Crippen LogP contribution >= 0.6 is 23.4 Å². The highest BCUT2D eigenvalue weighted by Crippen LogP contribution is 2.47. The quantitative estimate of drug-likeness (QED) is 0.560. The van der Waals surface area contributed by atoms with Crippen LogP contribution in [0.1, 0.15) is 39.3 Å². The van der Waals surface area contributed by atoms with E-state index < -0.39 is 0 Å². The monoisotopic (exact) mass is 533 g/mol. The van der Waals surface area contributed by atoms with Gasteiger partial charge in [-0.25, -0.2) is 15.0 Å². The van der Waals surface area contributed by atoms with Crippen molar-refractivity contribution in [3.05, 3.63) is 29.2 Å². The summed E-state index contributed by atoms with van der Waals surface area (Å²) in [6.45, 7) is 11.6. The topological polar surface area (TPSA) is 83.8 Å². The predicted molar refractivity (Wildman–Crippen MR) is 142 cm³/mol. The molecule has 0 amide bonds. The average molecular weight is 534 g/mol. The molecule has 0 aliphatic carbocycles. The van der Waals surface area contributed by atoms with Gasteiger partial charge in [-0.05, 0) is 31.7 Å². The maximum absolute atomic E-state index is 10.1. The second-order valence-corrected chi connectivity index (χ2v) is 12.4. The number of halogens is 1. The van der Waals surface area contributed by atoms with Crippen molar-refractivity contribution in [2.24, 2.45) is 16.7 Å². The molecular formula is C26H36ClN5O3S. The van der Waals surface area contributed by atoms with Crippen LogP contribution in [0.2, 0.25) is 5.02 Å². The maximum Gasteiger partial charge on any atom is 0.152 e. The Morgan fingerprint density at radius 3 is 2.58 bits per heavy atom. The highest BCUT2D eigenvalue weighted by Gasteiger charge is 2.47. The molecule has 0 unspecified atom stereocenters. The normalized spacial score (nSPS) is 24.8. The SMILES string of the molecule is COCC1(C)CN(c2nccc(Sc3cnc(N4CCC5(CC4)CO[C@@H](C)[C@H]5C)c(CO)n3)c2Cl)C1. The first-order chi connectivity index (χ1) is 17.3. The van der Waals surface area contributed by atoms with Gasteiger partial charge in [0.1, 0.15) is 16.5 Å². The number of piperidine rings is 1. The minimum Gasteiger partial charge on any atom is -0.390 e. The van der Waals surface area contributed by atoms with E-state index in [1.807, 2.05) is 6.07 Å². The Morgan fingerprint density at radius 1 is 1.19 bits per heavy atom. The third kappa shape index (κ3) is 4.80. The van der Waals surface area contributed by atoms with Crippen molar-refractivity contribution >= 4 is 35.0 Å². The summed E-state index contributed by atoms with van der Waals surface area (Å²) in [7, 11) is 1.73. The molecule has 196 valence electrons. The molecule has 3 aliphatic rings. The molecule has 3 fully saturated rings. The van der Waals surface area contributed by atoms with E-state index in [1.165, 1.54) is 11.8 Å². The minimum absolute atomic E-state index is 0.120. The van der Waals surface area contributed by atoms with E-state index in [9.17, 15) is 5.11 Å². The Hall–Kier alpha value is -1.65. The Balaban J connectivity index is 1.28. The number of hydrogen-bond donors (Lipinski definition) is 1. The second kappa shape index (κ2) is 10.3. The number of nitrogens with zero attached hydrogens (tertiary/aromatic N) is 5. The van der Waals surface area contributed by atoms with Gasteiger partial charge in [-0.3, -0.25) is 0 Å². The van der Waals surface area contributed by atoms with Crippen LogP contribution in [0.25, 0.3) is 0 Å². The summed E-state index contributed by atoms with van der Waals surface area (Å²) < 4.78 is 11.3. The summed E-state index contributed by atoms with van der Waals surface area (Å²) in [6, 6.07) is 1.90. The van der Waals surface area contributed by atoms with Crippen LogP contribution in [0.3, 0.4) is 0 Å². The molecular weight excluding hydrogens is 498 g/mol. The van der Waals surface area contributed by atoms with Crippen molar-refractivity contribution in [2.45, 2.75) is 56.2 Å². The summed E-state index contributed by atoms with van der Waals surface area (Å²) in [5.41, 5.74) is 0.977. The molecule has 36 heavy (non-hydrogen) atoms. The number of aliphatic hydroxyl groups excluding tert-OH is 1. The van der Waals surface area contributed by atoms with Crippen LogP contribution in [0.15, 0.2) is 28.4 Å². The van der Waals surface area contributed by atoms with Crippen molar-refractivity contribution in [3.63, 3.8) is 0 Å². The predicted octanol–water partition coefficient (Wildman–Crippen LogP) is 4.28. The van der Waals surface area contributed by atoms with Crippen molar-refractivity contribution in [2.75, 3.05) is 56.3 Å². The lowest BCUT2D eigenvalue weighted by molar-refractivity contribution is 0.0697. The smallest absolute Gasteiger partial charge is 0.152 e. The molecule has 2 atom stereocenters. The number of anilines is 2. The molecule has 1 spiro atoms. The summed E-state index contributed by atoms with van der Waals surface area (Å²) in [6.07, 6.45) is 6.01. The lowest BCUT2D eigenvalue weighted by atomic mass is 9.70. The third-order valence-corrected chi connectivity index (χ3v) is 9.75. The number of hydrogen-bond acceptors (Lipinski definition) is 9. The molecule has 8 nitrogen and oxygen atoms in total. The Labute approximate surface area is 222 Å². The van der Waals surface area contributed by atoms with Crippen LogP contribution in [0, 0.1) is 16.7 Å². The molecule has 2 aromatic rings. The van der Waals surface area contributed by atoms with E-state index in [2.05, 4.69) is 35.6 Å². The van der Waals surface area contributed by atoms with Crippen LogP contribution in [0.5, 0.6) is 0 Å². The number of aromatic nitrogens is 3. The number of methoxy groups -OCH3 is 1. The Kier molecular flexibility index (Phi) is 7.40. The van der Waals surface area contributed by atoms with Gasteiger partial charge >= 0.3 is 0 Å². The van der Waals surface area contributed by atoms with Gasteiger partial charge in [-0.1, -0.05) is 37.2 Å². The van der Waals surface area contributed by atoms with Crippen LogP contribution in [-0.2, 0) is 16.1 Å². The zero-order valence-electron chi connectivity index (χ0n) is 21.5. The zero-order valence-corrected chi connectivity index (χ0v) is 23.1. The zero-order chi connectivity index (χ0) is 25.5. The summed E-state index contributed by atoms with van der Waals surface area (Å²) >= 11 is 8.22. The number of rotatable bonds is 7. The highest BCUT2D eigenvalue weighted by molar-refractivity contribution is 7.99.